The van der Waals surface area contributed by atoms with Gasteiger partial charge in [0.05, 0.1) is 0 Å². The summed E-state index contributed by atoms with van der Waals surface area (Å²) < 4.78 is 0. The van der Waals surface area contributed by atoms with Crippen LogP contribution >= 0.6 is 0 Å². The number of nitrogens with one attached hydrogen (secondary N) is 1. The molecule has 0 saturated carbocycles. The first-order valence-corrected chi connectivity index (χ1v) is 3.33. The Morgan fingerprint density at radius 3 is 2.80 bits per heavy atom. The Balaban J connectivity index is 3.70. The van der Waals surface area contributed by atoms with E-state index in [-0.39, 0.29) is 0 Å². The van der Waals surface area contributed by atoms with Crippen LogP contribution in [0.1, 0.15) is 13.3 Å². The molecule has 1 N–H and O–H groups in total. The molecule has 0 unspecified atom stereocenters. The summed E-state index contributed by atoms with van der Waals surface area (Å²) in [5.41, 5.74) is 1.06. The highest BCUT2D eigenvalue weighted by Crippen LogP contribution is 1.94. The van der Waals surface area contributed by atoms with Gasteiger partial charge in [0.15, 0.2) is 0 Å². The third-order valence-corrected chi connectivity index (χ3v) is 1.12. The van der Waals surface area contributed by atoms with Gasteiger partial charge in [0, 0.05) is 6.54 Å². The fourth-order valence-electron chi connectivity index (χ4n) is 0.649. The second-order valence-electron chi connectivity index (χ2n) is 1.89. The monoisotopic (exact) mass is 139 g/mol. The maximum atomic E-state index is 9.86. The summed E-state index contributed by atoms with van der Waals surface area (Å²) in [6, 6.07) is 0. The van der Waals surface area contributed by atoms with Crippen molar-refractivity contribution in [2.45, 2.75) is 13.3 Å². The summed E-state index contributed by atoms with van der Waals surface area (Å²) in [7, 11) is 0. The van der Waals surface area contributed by atoms with Crippen LogP contribution in [0.3, 0.4) is 0 Å². The number of carbonyl (C=O) groups is 1. The fraction of sp³-hybridized carbons (Fsp3) is 0.375. The Morgan fingerprint density at radius 1 is 1.70 bits per heavy atom. The predicted molar refractivity (Wildman–Crippen MR) is 42.6 cm³/mol. The summed E-state index contributed by atoms with van der Waals surface area (Å²) in [5, 5.41) is 2.56. The first-order chi connectivity index (χ1) is 4.85. The van der Waals surface area contributed by atoms with E-state index < -0.39 is 0 Å². The van der Waals surface area contributed by atoms with E-state index in [1.54, 1.807) is 6.08 Å². The van der Waals surface area contributed by atoms with Crippen LogP contribution in [0.5, 0.6) is 0 Å². The van der Waals surface area contributed by atoms with Gasteiger partial charge in [-0.1, -0.05) is 25.7 Å². The number of carbonyl (C=O) groups excluding carboxylic acids is 1. The second-order valence-corrected chi connectivity index (χ2v) is 1.89. The fourth-order valence-corrected chi connectivity index (χ4v) is 0.649. The zero-order valence-corrected chi connectivity index (χ0v) is 6.26. The number of rotatable bonds is 5. The van der Waals surface area contributed by atoms with E-state index in [1.165, 1.54) is 0 Å². The smallest absolute Gasteiger partial charge is 0.207 e. The van der Waals surface area contributed by atoms with Crippen LogP contribution in [0, 0.1) is 0 Å². The van der Waals surface area contributed by atoms with Crippen LogP contribution in [0.15, 0.2) is 24.3 Å². The summed E-state index contributed by atoms with van der Waals surface area (Å²) in [6.07, 6.45) is 5.44. The van der Waals surface area contributed by atoms with Gasteiger partial charge in [-0.15, -0.1) is 0 Å². The van der Waals surface area contributed by atoms with E-state index in [1.807, 2.05) is 13.0 Å². The minimum atomic E-state index is 0.584. The summed E-state index contributed by atoms with van der Waals surface area (Å²) in [5.74, 6) is 0. The molecule has 0 fully saturated rings. The summed E-state index contributed by atoms with van der Waals surface area (Å²) in [6.45, 7) is 6.24. The van der Waals surface area contributed by atoms with Crippen LogP contribution in [-0.2, 0) is 4.79 Å². The van der Waals surface area contributed by atoms with Gasteiger partial charge in [-0.25, -0.2) is 0 Å². The molecule has 2 heteroatoms. The van der Waals surface area contributed by atoms with Gasteiger partial charge >= 0.3 is 0 Å². The van der Waals surface area contributed by atoms with Crippen LogP contribution in [0.25, 0.3) is 0 Å². The zero-order chi connectivity index (χ0) is 7.82. The Bertz CT molecular complexity index is 138. The lowest BCUT2D eigenvalue weighted by Gasteiger charge is -1.97. The first kappa shape index (κ1) is 8.95. The molecule has 0 aliphatic rings. The van der Waals surface area contributed by atoms with Crippen molar-refractivity contribution in [2.24, 2.45) is 0 Å². The highest BCUT2D eigenvalue weighted by atomic mass is 16.1. The van der Waals surface area contributed by atoms with Gasteiger partial charge in [0.2, 0.25) is 6.41 Å². The molecule has 0 aliphatic carbocycles. The van der Waals surface area contributed by atoms with E-state index >= 15 is 0 Å². The van der Waals surface area contributed by atoms with Crippen LogP contribution in [0.2, 0.25) is 0 Å². The van der Waals surface area contributed by atoms with E-state index in [0.717, 1.165) is 12.0 Å². The molecular formula is C8H13NO. The molecule has 0 saturated heterocycles. The molecule has 0 aromatic carbocycles. The molecule has 0 spiro atoms. The second kappa shape index (κ2) is 6.08. The molecule has 0 atom stereocenters. The van der Waals surface area contributed by atoms with Crippen molar-refractivity contribution in [1.29, 1.82) is 0 Å². The SMILES string of the molecule is C=C/C(=C\CC)CNC=O. The molecule has 0 aromatic rings. The van der Waals surface area contributed by atoms with E-state index in [4.69, 9.17) is 0 Å². The van der Waals surface area contributed by atoms with Gasteiger partial charge < -0.3 is 5.32 Å². The Labute approximate surface area is 61.6 Å². The minimum absolute atomic E-state index is 0.584. The van der Waals surface area contributed by atoms with Crippen LogP contribution < -0.4 is 5.32 Å². The predicted octanol–water partition coefficient (Wildman–Crippen LogP) is 1.25. The van der Waals surface area contributed by atoms with Crippen molar-refractivity contribution < 1.29 is 4.79 Å². The quantitative estimate of drug-likeness (QED) is 0.451. The third kappa shape index (κ3) is 3.89. The van der Waals surface area contributed by atoms with Crippen LogP contribution in [0.4, 0.5) is 0 Å². The summed E-state index contributed by atoms with van der Waals surface area (Å²) in [4.78, 5) is 9.86. The van der Waals surface area contributed by atoms with E-state index in [2.05, 4.69) is 11.9 Å². The first-order valence-electron chi connectivity index (χ1n) is 3.33. The lowest BCUT2D eigenvalue weighted by Crippen LogP contribution is -2.13. The third-order valence-electron chi connectivity index (χ3n) is 1.12. The molecule has 10 heavy (non-hydrogen) atoms. The average molecular weight is 139 g/mol. The molecule has 0 heterocycles. The van der Waals surface area contributed by atoms with Gasteiger partial charge in [-0.3, -0.25) is 4.79 Å². The van der Waals surface area contributed by atoms with Crippen molar-refractivity contribution in [3.63, 3.8) is 0 Å². The highest BCUT2D eigenvalue weighted by Gasteiger charge is 1.86. The number of amides is 1. The average Bonchev–Trinajstić information content (AvgIpc) is 1.98. The molecule has 0 radical (unpaired) electrons. The Morgan fingerprint density at radius 2 is 2.40 bits per heavy atom. The zero-order valence-electron chi connectivity index (χ0n) is 6.26. The number of allylic oxidation sites excluding steroid dienone is 1. The van der Waals surface area contributed by atoms with E-state index in [0.29, 0.717) is 13.0 Å². The van der Waals surface area contributed by atoms with Gasteiger partial charge in [0.1, 0.15) is 0 Å². The van der Waals surface area contributed by atoms with Crippen molar-refractivity contribution in [3.05, 3.63) is 24.3 Å². The molecule has 0 aliphatic heterocycles. The molecule has 2 nitrogen and oxygen atoms in total. The normalized spacial score (nSPS) is 10.7. The molecule has 0 rings (SSSR count). The van der Waals surface area contributed by atoms with Gasteiger partial charge in [0.25, 0.3) is 0 Å². The highest BCUT2D eigenvalue weighted by molar-refractivity contribution is 5.47. The van der Waals surface area contributed by atoms with E-state index in [9.17, 15) is 4.79 Å². The van der Waals surface area contributed by atoms with Crippen molar-refractivity contribution in [1.82, 2.24) is 5.32 Å². The molecule has 1 amide bonds. The van der Waals surface area contributed by atoms with Gasteiger partial charge in [-0.05, 0) is 12.0 Å². The lowest BCUT2D eigenvalue weighted by molar-refractivity contribution is -0.109. The molecule has 0 bridgehead atoms. The Hall–Kier alpha value is -1.05. The van der Waals surface area contributed by atoms with Crippen molar-refractivity contribution in [2.75, 3.05) is 6.54 Å². The minimum Gasteiger partial charge on any atom is -0.355 e. The van der Waals surface area contributed by atoms with Crippen molar-refractivity contribution in [3.8, 4) is 0 Å². The largest absolute Gasteiger partial charge is 0.355 e. The molecule has 56 valence electrons. The molecule has 0 aromatic heterocycles. The lowest BCUT2D eigenvalue weighted by atomic mass is 10.2. The summed E-state index contributed by atoms with van der Waals surface area (Å²) >= 11 is 0. The number of hydrogen-bond acceptors (Lipinski definition) is 1. The van der Waals surface area contributed by atoms with Crippen molar-refractivity contribution >= 4 is 6.41 Å². The van der Waals surface area contributed by atoms with Crippen LogP contribution in [-0.4, -0.2) is 13.0 Å². The standard InChI is InChI=1S/C8H13NO/c1-3-5-8(4-2)6-9-7-10/h4-5,7H,2-3,6H2,1H3,(H,9,10)/b8-5+. The Kier molecular flexibility index (Phi) is 5.44. The topological polar surface area (TPSA) is 29.1 Å². The number of hydrogen-bond donors (Lipinski definition) is 1. The maximum absolute atomic E-state index is 9.86. The molecular weight excluding hydrogens is 126 g/mol. The maximum Gasteiger partial charge on any atom is 0.207 e. The van der Waals surface area contributed by atoms with Gasteiger partial charge in [-0.2, -0.15) is 0 Å².